The molecule has 0 radical (unpaired) electrons. The predicted molar refractivity (Wildman–Crippen MR) is 92.9 cm³/mol. The Balaban J connectivity index is 1.65. The zero-order valence-electron chi connectivity index (χ0n) is 13.6. The highest BCUT2D eigenvalue weighted by Gasteiger charge is 2.12. The summed E-state index contributed by atoms with van der Waals surface area (Å²) in [4.78, 5) is 22.9. The van der Waals surface area contributed by atoms with Crippen LogP contribution in [0.3, 0.4) is 0 Å². The molecule has 134 valence electrons. The van der Waals surface area contributed by atoms with Gasteiger partial charge in [0, 0.05) is 12.1 Å². The summed E-state index contributed by atoms with van der Waals surface area (Å²) >= 11 is 0. The van der Waals surface area contributed by atoms with Gasteiger partial charge in [-0.05, 0) is 24.3 Å². The molecule has 0 aliphatic carbocycles. The van der Waals surface area contributed by atoms with Crippen molar-refractivity contribution in [2.24, 2.45) is 0 Å². The maximum atomic E-state index is 11.9. The summed E-state index contributed by atoms with van der Waals surface area (Å²) in [5, 5.41) is 19.1. The molecule has 26 heavy (non-hydrogen) atoms. The Labute approximate surface area is 148 Å². The van der Waals surface area contributed by atoms with E-state index < -0.39 is 23.3 Å². The van der Waals surface area contributed by atoms with Gasteiger partial charge in [-0.3, -0.25) is 4.79 Å². The van der Waals surface area contributed by atoms with Crippen LogP contribution in [0.15, 0.2) is 63.8 Å². The second kappa shape index (κ2) is 7.71. The molecule has 0 aliphatic rings. The van der Waals surface area contributed by atoms with E-state index in [0.29, 0.717) is 11.5 Å². The largest absolute Gasteiger partial charge is 0.491 e. The highest BCUT2D eigenvalue weighted by molar-refractivity contribution is 5.87. The van der Waals surface area contributed by atoms with Crippen molar-refractivity contribution in [1.82, 2.24) is 0 Å². The molecule has 7 nitrogen and oxygen atoms in total. The Morgan fingerprint density at radius 2 is 1.69 bits per heavy atom. The lowest BCUT2D eigenvalue weighted by molar-refractivity contribution is 0.0626. The zero-order chi connectivity index (χ0) is 18.5. The van der Waals surface area contributed by atoms with Crippen molar-refractivity contribution in [3.63, 3.8) is 0 Å². The fraction of sp³-hybridized carbons (Fsp3) is 0.158. The Morgan fingerprint density at radius 1 is 1.00 bits per heavy atom. The molecule has 0 bridgehead atoms. The summed E-state index contributed by atoms with van der Waals surface area (Å²) < 4.78 is 16.1. The van der Waals surface area contributed by atoms with Gasteiger partial charge in [-0.2, -0.15) is 0 Å². The van der Waals surface area contributed by atoms with E-state index in [4.69, 9.17) is 19.0 Å². The number of aliphatic hydroxyl groups is 1. The highest BCUT2D eigenvalue weighted by atomic mass is 16.5. The molecule has 1 atom stereocenters. The molecular weight excluding hydrogens is 340 g/mol. The van der Waals surface area contributed by atoms with Gasteiger partial charge >= 0.3 is 5.97 Å². The molecule has 0 saturated heterocycles. The van der Waals surface area contributed by atoms with E-state index in [1.54, 1.807) is 18.2 Å². The SMILES string of the molecule is O=C(O)c1cc(=O)c2ccc(OC[C@H](O)COc3ccccc3)cc2o1. The summed E-state index contributed by atoms with van der Waals surface area (Å²) in [6, 6.07) is 14.4. The van der Waals surface area contributed by atoms with Crippen LogP contribution in [0.5, 0.6) is 11.5 Å². The van der Waals surface area contributed by atoms with E-state index in [1.165, 1.54) is 12.1 Å². The van der Waals surface area contributed by atoms with E-state index in [-0.39, 0.29) is 24.2 Å². The van der Waals surface area contributed by atoms with Gasteiger partial charge in [0.15, 0.2) is 5.43 Å². The number of para-hydroxylation sites is 1. The van der Waals surface area contributed by atoms with Crippen molar-refractivity contribution in [3.8, 4) is 11.5 Å². The fourth-order valence-corrected chi connectivity index (χ4v) is 2.28. The topological polar surface area (TPSA) is 106 Å². The van der Waals surface area contributed by atoms with Gasteiger partial charge in [0.25, 0.3) is 0 Å². The van der Waals surface area contributed by atoms with Crippen molar-refractivity contribution in [1.29, 1.82) is 0 Å². The Bertz CT molecular complexity index is 963. The molecular formula is C19H16O7. The molecule has 3 rings (SSSR count). The van der Waals surface area contributed by atoms with Crippen LogP contribution in [-0.2, 0) is 0 Å². The van der Waals surface area contributed by atoms with Crippen LogP contribution in [0.2, 0.25) is 0 Å². The Kier molecular flexibility index (Phi) is 5.19. The van der Waals surface area contributed by atoms with E-state index >= 15 is 0 Å². The maximum Gasteiger partial charge on any atom is 0.371 e. The summed E-state index contributed by atoms with van der Waals surface area (Å²) in [7, 11) is 0. The van der Waals surface area contributed by atoms with Crippen molar-refractivity contribution in [2.75, 3.05) is 13.2 Å². The third kappa shape index (κ3) is 4.20. The van der Waals surface area contributed by atoms with Crippen LogP contribution < -0.4 is 14.9 Å². The van der Waals surface area contributed by atoms with Gasteiger partial charge in [-0.15, -0.1) is 0 Å². The van der Waals surface area contributed by atoms with Gasteiger partial charge in [-0.1, -0.05) is 18.2 Å². The number of hydrogen-bond donors (Lipinski definition) is 2. The first-order valence-electron chi connectivity index (χ1n) is 7.83. The lowest BCUT2D eigenvalue weighted by Crippen LogP contribution is -2.25. The molecule has 1 heterocycles. The monoisotopic (exact) mass is 356 g/mol. The number of carboxylic acid groups (broad SMARTS) is 1. The van der Waals surface area contributed by atoms with Gasteiger partial charge in [-0.25, -0.2) is 4.79 Å². The third-order valence-corrected chi connectivity index (χ3v) is 3.54. The first-order valence-corrected chi connectivity index (χ1v) is 7.83. The lowest BCUT2D eigenvalue weighted by Gasteiger charge is -2.13. The first-order chi connectivity index (χ1) is 12.5. The summed E-state index contributed by atoms with van der Waals surface area (Å²) in [6.45, 7) is 0.0109. The first kappa shape index (κ1) is 17.5. The Morgan fingerprint density at radius 3 is 2.38 bits per heavy atom. The molecule has 0 amide bonds. The molecule has 2 N–H and O–H groups in total. The average Bonchev–Trinajstić information content (AvgIpc) is 2.65. The van der Waals surface area contributed by atoms with Crippen LogP contribution in [0.4, 0.5) is 0 Å². The van der Waals surface area contributed by atoms with Crippen molar-refractivity contribution in [3.05, 3.63) is 70.6 Å². The molecule has 0 aliphatic heterocycles. The van der Waals surface area contributed by atoms with Crippen molar-refractivity contribution < 1.29 is 28.9 Å². The molecule has 0 saturated carbocycles. The minimum Gasteiger partial charge on any atom is -0.491 e. The number of carboxylic acids is 1. The second-order valence-electron chi connectivity index (χ2n) is 5.53. The van der Waals surface area contributed by atoms with Crippen molar-refractivity contribution >= 4 is 16.9 Å². The zero-order valence-corrected chi connectivity index (χ0v) is 13.6. The lowest BCUT2D eigenvalue weighted by atomic mass is 10.2. The Hall–Kier alpha value is -3.32. The predicted octanol–water partition coefficient (Wildman–Crippen LogP) is 2.31. The number of hydrogen-bond acceptors (Lipinski definition) is 6. The third-order valence-electron chi connectivity index (χ3n) is 3.54. The number of aliphatic hydroxyl groups excluding tert-OH is 1. The second-order valence-corrected chi connectivity index (χ2v) is 5.53. The van der Waals surface area contributed by atoms with E-state index in [2.05, 4.69) is 0 Å². The molecule has 0 unspecified atom stereocenters. The molecule has 3 aromatic rings. The molecule has 0 spiro atoms. The van der Waals surface area contributed by atoms with Crippen LogP contribution in [0, 0.1) is 0 Å². The van der Waals surface area contributed by atoms with Gasteiger partial charge in [0.1, 0.15) is 36.4 Å². The average molecular weight is 356 g/mol. The smallest absolute Gasteiger partial charge is 0.371 e. The van der Waals surface area contributed by atoms with Gasteiger partial charge in [0.05, 0.1) is 5.39 Å². The highest BCUT2D eigenvalue weighted by Crippen LogP contribution is 2.20. The number of aromatic carboxylic acids is 1. The molecule has 2 aromatic carbocycles. The van der Waals surface area contributed by atoms with Crippen molar-refractivity contribution in [2.45, 2.75) is 6.10 Å². The fourth-order valence-electron chi connectivity index (χ4n) is 2.28. The van der Waals surface area contributed by atoms with Gasteiger partial charge in [0.2, 0.25) is 5.76 Å². The normalized spacial score (nSPS) is 11.9. The van der Waals surface area contributed by atoms with E-state index in [1.807, 2.05) is 18.2 Å². The van der Waals surface area contributed by atoms with Crippen LogP contribution in [0.1, 0.15) is 10.6 Å². The molecule has 1 aromatic heterocycles. The number of carbonyl (C=O) groups is 1. The minimum atomic E-state index is -1.33. The minimum absolute atomic E-state index is 0.0405. The van der Waals surface area contributed by atoms with Crippen LogP contribution >= 0.6 is 0 Å². The van der Waals surface area contributed by atoms with Gasteiger partial charge < -0.3 is 24.1 Å². The number of ether oxygens (including phenoxy) is 2. The van der Waals surface area contributed by atoms with Crippen LogP contribution in [-0.4, -0.2) is 35.5 Å². The van der Waals surface area contributed by atoms with E-state index in [0.717, 1.165) is 6.07 Å². The number of benzene rings is 2. The summed E-state index contributed by atoms with van der Waals surface area (Å²) in [6.07, 6.45) is -0.872. The quantitative estimate of drug-likeness (QED) is 0.669. The molecule has 0 fully saturated rings. The van der Waals surface area contributed by atoms with E-state index in [9.17, 15) is 14.7 Å². The molecule has 7 heteroatoms. The maximum absolute atomic E-state index is 11.9. The summed E-state index contributed by atoms with van der Waals surface area (Å²) in [5.74, 6) is -0.804. The number of rotatable bonds is 7. The van der Waals surface area contributed by atoms with Crippen LogP contribution in [0.25, 0.3) is 11.0 Å². The number of fused-ring (bicyclic) bond motifs is 1. The standard InChI is InChI=1S/C19H16O7/c20-12(10-24-13-4-2-1-3-5-13)11-25-14-6-7-15-16(21)9-18(19(22)23)26-17(15)8-14/h1-9,12,20H,10-11H2,(H,22,23)/t12-/m1/s1. The summed E-state index contributed by atoms with van der Waals surface area (Å²) in [5.41, 5.74) is -0.353.